The van der Waals surface area contributed by atoms with Gasteiger partial charge in [-0.3, -0.25) is 5.10 Å². The third-order valence-electron chi connectivity index (χ3n) is 2.28. The molecule has 16 heavy (non-hydrogen) atoms. The highest BCUT2D eigenvalue weighted by Crippen LogP contribution is 2.11. The predicted octanol–water partition coefficient (Wildman–Crippen LogP) is 2.58. The molecule has 1 atom stereocenters. The molecule has 1 aromatic carbocycles. The van der Waals surface area contributed by atoms with Gasteiger partial charge in [-0.05, 0) is 17.8 Å². The lowest BCUT2D eigenvalue weighted by atomic mass is 10.0. The van der Waals surface area contributed by atoms with Crippen molar-refractivity contribution in [2.75, 3.05) is 0 Å². The van der Waals surface area contributed by atoms with Crippen molar-refractivity contribution < 1.29 is 0 Å². The fourth-order valence-electron chi connectivity index (χ4n) is 1.34. The summed E-state index contributed by atoms with van der Waals surface area (Å²) in [7, 11) is 0. The molecule has 0 radical (unpaired) electrons. The summed E-state index contributed by atoms with van der Waals surface area (Å²) in [5.41, 5.74) is 1.22. The van der Waals surface area contributed by atoms with Crippen molar-refractivity contribution in [2.45, 2.75) is 12.8 Å². The van der Waals surface area contributed by atoms with Crippen molar-refractivity contribution in [3.05, 3.63) is 47.0 Å². The van der Waals surface area contributed by atoms with Crippen LogP contribution in [0, 0.1) is 4.77 Å². The van der Waals surface area contributed by atoms with Gasteiger partial charge in [-0.2, -0.15) is 14.9 Å². The normalized spacial score (nSPS) is 13.1. The first kappa shape index (κ1) is 10.8. The Hall–Kier alpha value is -1.75. The molecule has 0 fully saturated rings. The fraction of sp³-hybridized carbons (Fsp3) is 0.182. The topological polar surface area (TPSA) is 46.0 Å². The number of H-pyrrole nitrogens is 1. The molecule has 0 bridgehead atoms. The molecule has 82 valence electrons. The SMILES string of the molecule is CC(C=Nn1cn[nH]c1=S)c1ccccc1. The summed E-state index contributed by atoms with van der Waals surface area (Å²) >= 11 is 4.99. The van der Waals surface area contributed by atoms with Crippen molar-refractivity contribution in [1.82, 2.24) is 14.9 Å². The molecule has 0 amide bonds. The second kappa shape index (κ2) is 4.85. The summed E-state index contributed by atoms with van der Waals surface area (Å²) in [6.07, 6.45) is 3.40. The molecule has 0 spiro atoms. The van der Waals surface area contributed by atoms with Crippen LogP contribution < -0.4 is 0 Å². The second-order valence-corrected chi connectivity index (χ2v) is 3.86. The van der Waals surface area contributed by atoms with Crippen LogP contribution in [0.3, 0.4) is 0 Å². The van der Waals surface area contributed by atoms with Crippen molar-refractivity contribution >= 4 is 18.4 Å². The molecule has 2 rings (SSSR count). The third kappa shape index (κ3) is 2.43. The van der Waals surface area contributed by atoms with Gasteiger partial charge in [-0.25, -0.2) is 0 Å². The molecule has 5 heteroatoms. The Morgan fingerprint density at radius 1 is 1.44 bits per heavy atom. The van der Waals surface area contributed by atoms with Crippen LogP contribution in [0.2, 0.25) is 0 Å². The first-order valence-electron chi connectivity index (χ1n) is 4.99. The van der Waals surface area contributed by atoms with Crippen LogP contribution in [0.15, 0.2) is 41.8 Å². The highest BCUT2D eigenvalue weighted by atomic mass is 32.1. The minimum atomic E-state index is 0.248. The van der Waals surface area contributed by atoms with E-state index in [0.29, 0.717) is 4.77 Å². The molecule has 1 unspecified atom stereocenters. The van der Waals surface area contributed by atoms with Gasteiger partial charge < -0.3 is 0 Å². The average molecular weight is 232 g/mol. The number of hydrogen-bond donors (Lipinski definition) is 1. The predicted molar refractivity (Wildman–Crippen MR) is 66.2 cm³/mol. The Kier molecular flexibility index (Phi) is 3.26. The van der Waals surface area contributed by atoms with Crippen LogP contribution in [-0.2, 0) is 0 Å². The maximum Gasteiger partial charge on any atom is 0.216 e. The maximum atomic E-state index is 4.99. The second-order valence-electron chi connectivity index (χ2n) is 3.47. The molecule has 2 aromatic rings. The Bertz CT molecular complexity index is 526. The molecule has 1 heterocycles. The number of aromatic amines is 1. The lowest BCUT2D eigenvalue weighted by molar-refractivity contribution is 0.848. The van der Waals surface area contributed by atoms with E-state index in [9.17, 15) is 0 Å². The van der Waals surface area contributed by atoms with Crippen LogP contribution in [-0.4, -0.2) is 21.1 Å². The molecule has 4 nitrogen and oxygen atoms in total. The van der Waals surface area contributed by atoms with E-state index in [1.54, 1.807) is 6.33 Å². The van der Waals surface area contributed by atoms with Gasteiger partial charge in [0.25, 0.3) is 0 Å². The zero-order valence-electron chi connectivity index (χ0n) is 8.87. The molecule has 1 N–H and O–H groups in total. The van der Waals surface area contributed by atoms with Crippen molar-refractivity contribution in [3.63, 3.8) is 0 Å². The Labute approximate surface area is 98.6 Å². The maximum absolute atomic E-state index is 4.99. The van der Waals surface area contributed by atoms with Crippen molar-refractivity contribution in [2.24, 2.45) is 5.10 Å². The lowest BCUT2D eigenvalue weighted by Crippen LogP contribution is -1.96. The van der Waals surface area contributed by atoms with Gasteiger partial charge in [-0.1, -0.05) is 37.3 Å². The number of nitrogens with zero attached hydrogens (tertiary/aromatic N) is 3. The standard InChI is InChI=1S/C11H12N4S/c1-9(10-5-3-2-4-6-10)7-13-15-8-12-14-11(15)16/h2-9H,1H3,(H,14,16). The molecular formula is C11H12N4S. The van der Waals surface area contributed by atoms with Crippen molar-refractivity contribution in [3.8, 4) is 0 Å². The van der Waals surface area contributed by atoms with Crippen LogP contribution >= 0.6 is 12.2 Å². The van der Waals surface area contributed by atoms with Crippen LogP contribution in [0.1, 0.15) is 18.4 Å². The third-order valence-corrected chi connectivity index (χ3v) is 2.55. The molecule has 0 saturated heterocycles. The first-order valence-corrected chi connectivity index (χ1v) is 5.39. The van der Waals surface area contributed by atoms with Gasteiger partial charge in [0.2, 0.25) is 4.77 Å². The number of aromatic nitrogens is 3. The van der Waals surface area contributed by atoms with E-state index in [4.69, 9.17) is 12.2 Å². The molecule has 0 aliphatic heterocycles. The van der Waals surface area contributed by atoms with Crippen LogP contribution in [0.25, 0.3) is 0 Å². The minimum absolute atomic E-state index is 0.248. The monoisotopic (exact) mass is 232 g/mol. The number of benzene rings is 1. The van der Waals surface area contributed by atoms with Gasteiger partial charge in [0.15, 0.2) is 0 Å². The summed E-state index contributed by atoms with van der Waals surface area (Å²) in [5, 5.41) is 10.7. The van der Waals surface area contributed by atoms with E-state index in [1.807, 2.05) is 24.4 Å². The highest BCUT2D eigenvalue weighted by molar-refractivity contribution is 7.71. The minimum Gasteiger partial charge on any atom is -0.250 e. The van der Waals surface area contributed by atoms with Crippen LogP contribution in [0.5, 0.6) is 0 Å². The summed E-state index contributed by atoms with van der Waals surface area (Å²) in [6, 6.07) is 10.2. The molecule has 0 saturated carbocycles. The summed E-state index contributed by atoms with van der Waals surface area (Å²) in [6.45, 7) is 2.09. The van der Waals surface area contributed by atoms with E-state index in [2.05, 4.69) is 34.4 Å². The van der Waals surface area contributed by atoms with Gasteiger partial charge in [-0.15, -0.1) is 0 Å². The zero-order valence-corrected chi connectivity index (χ0v) is 9.69. The van der Waals surface area contributed by atoms with Crippen molar-refractivity contribution in [1.29, 1.82) is 0 Å². The van der Waals surface area contributed by atoms with E-state index in [-0.39, 0.29) is 5.92 Å². The highest BCUT2D eigenvalue weighted by Gasteiger charge is 2.00. The Morgan fingerprint density at radius 3 is 2.81 bits per heavy atom. The smallest absolute Gasteiger partial charge is 0.216 e. The number of hydrogen-bond acceptors (Lipinski definition) is 3. The Balaban J connectivity index is 2.14. The fourth-order valence-corrected chi connectivity index (χ4v) is 1.49. The van der Waals surface area contributed by atoms with E-state index in [0.717, 1.165) is 0 Å². The molecule has 0 aliphatic rings. The molecule has 0 aliphatic carbocycles. The van der Waals surface area contributed by atoms with Gasteiger partial charge in [0.1, 0.15) is 6.33 Å². The lowest BCUT2D eigenvalue weighted by Gasteiger charge is -2.04. The molecular weight excluding hydrogens is 220 g/mol. The zero-order chi connectivity index (χ0) is 11.4. The van der Waals surface area contributed by atoms with Gasteiger partial charge in [0, 0.05) is 12.1 Å². The number of nitrogens with one attached hydrogen (secondary N) is 1. The number of rotatable bonds is 3. The Morgan fingerprint density at radius 2 is 2.19 bits per heavy atom. The summed E-state index contributed by atoms with van der Waals surface area (Å²) < 4.78 is 2.03. The molecule has 1 aromatic heterocycles. The van der Waals surface area contributed by atoms with E-state index < -0.39 is 0 Å². The van der Waals surface area contributed by atoms with E-state index >= 15 is 0 Å². The van der Waals surface area contributed by atoms with Crippen LogP contribution in [0.4, 0.5) is 0 Å². The largest absolute Gasteiger partial charge is 0.250 e. The average Bonchev–Trinajstić information content (AvgIpc) is 2.73. The quantitative estimate of drug-likeness (QED) is 0.653. The van der Waals surface area contributed by atoms with Gasteiger partial charge >= 0.3 is 0 Å². The summed E-state index contributed by atoms with van der Waals surface area (Å²) in [5.74, 6) is 0.248. The first-order chi connectivity index (χ1) is 7.77. The van der Waals surface area contributed by atoms with E-state index in [1.165, 1.54) is 10.2 Å². The summed E-state index contributed by atoms with van der Waals surface area (Å²) in [4.78, 5) is 0. The van der Waals surface area contributed by atoms with Gasteiger partial charge in [0.05, 0.1) is 0 Å².